The number of carbonyl (C=O) groups is 1. The number of carbonyl (C=O) groups excluding carboxylic acids is 1. The van der Waals surface area contributed by atoms with Crippen LogP contribution in [0.1, 0.15) is 33.1 Å². The van der Waals surface area contributed by atoms with Crippen molar-refractivity contribution in [2.24, 2.45) is 0 Å². The van der Waals surface area contributed by atoms with Crippen LogP contribution in [0.15, 0.2) is 0 Å². The van der Waals surface area contributed by atoms with E-state index in [1.165, 1.54) is 0 Å². The second-order valence-electron chi connectivity index (χ2n) is 4.42. The van der Waals surface area contributed by atoms with Crippen LogP contribution in [0.2, 0.25) is 0 Å². The van der Waals surface area contributed by atoms with Crippen molar-refractivity contribution in [1.82, 2.24) is 10.2 Å². The molecule has 2 N–H and O–H groups in total. The summed E-state index contributed by atoms with van der Waals surface area (Å²) in [7, 11) is 0. The Morgan fingerprint density at radius 1 is 1.53 bits per heavy atom. The molecule has 0 aromatic heterocycles. The third-order valence-electron chi connectivity index (χ3n) is 2.67. The van der Waals surface area contributed by atoms with Crippen LogP contribution in [0.5, 0.6) is 0 Å². The number of hydrogen-bond acceptors (Lipinski definition) is 3. The number of nitrogens with one attached hydrogen (secondary N) is 1. The Morgan fingerprint density at radius 2 is 2.27 bits per heavy atom. The molecule has 0 aliphatic carbocycles. The van der Waals surface area contributed by atoms with Gasteiger partial charge in [-0.25, -0.2) is 0 Å². The number of aliphatic hydroxyl groups excluding tert-OH is 1. The molecular formula is C11H22N2O2. The Morgan fingerprint density at radius 3 is 2.87 bits per heavy atom. The Kier molecular flexibility index (Phi) is 5.05. The first kappa shape index (κ1) is 12.5. The Balaban J connectivity index is 2.29. The van der Waals surface area contributed by atoms with Crippen LogP contribution < -0.4 is 5.32 Å². The van der Waals surface area contributed by atoms with E-state index in [2.05, 4.69) is 19.2 Å². The van der Waals surface area contributed by atoms with Crippen LogP contribution in [0.4, 0.5) is 0 Å². The summed E-state index contributed by atoms with van der Waals surface area (Å²) in [5.74, 6) is 0.224. The van der Waals surface area contributed by atoms with E-state index in [9.17, 15) is 4.79 Å². The highest BCUT2D eigenvalue weighted by Crippen LogP contribution is 2.12. The van der Waals surface area contributed by atoms with Gasteiger partial charge in [-0.1, -0.05) is 13.8 Å². The molecule has 88 valence electrons. The first-order chi connectivity index (χ1) is 7.15. The van der Waals surface area contributed by atoms with E-state index in [-0.39, 0.29) is 18.6 Å². The minimum Gasteiger partial charge on any atom is -0.396 e. The fourth-order valence-corrected chi connectivity index (χ4v) is 1.93. The molecule has 1 aliphatic rings. The summed E-state index contributed by atoms with van der Waals surface area (Å²) in [4.78, 5) is 13.7. The maximum absolute atomic E-state index is 11.8. The number of rotatable bonds is 6. The third-order valence-corrected chi connectivity index (χ3v) is 2.67. The van der Waals surface area contributed by atoms with Crippen molar-refractivity contribution in [3.05, 3.63) is 0 Å². The predicted molar refractivity (Wildman–Crippen MR) is 59.6 cm³/mol. The normalized spacial score (nSPS) is 21.7. The third kappa shape index (κ3) is 3.80. The zero-order chi connectivity index (χ0) is 11.3. The fourth-order valence-electron chi connectivity index (χ4n) is 1.93. The van der Waals surface area contributed by atoms with E-state index < -0.39 is 0 Å². The van der Waals surface area contributed by atoms with Crippen LogP contribution in [0.25, 0.3) is 0 Å². The minimum atomic E-state index is 0.0131. The fraction of sp³-hybridized carbons (Fsp3) is 0.909. The highest BCUT2D eigenvalue weighted by atomic mass is 16.3. The van der Waals surface area contributed by atoms with E-state index >= 15 is 0 Å². The van der Waals surface area contributed by atoms with Gasteiger partial charge in [0.15, 0.2) is 0 Å². The molecule has 15 heavy (non-hydrogen) atoms. The molecule has 0 radical (unpaired) electrons. The Bertz CT molecular complexity index is 207. The first-order valence-electron chi connectivity index (χ1n) is 5.81. The van der Waals surface area contributed by atoms with Gasteiger partial charge >= 0.3 is 0 Å². The van der Waals surface area contributed by atoms with Gasteiger partial charge < -0.3 is 15.3 Å². The van der Waals surface area contributed by atoms with Gasteiger partial charge in [0.1, 0.15) is 0 Å². The highest BCUT2D eigenvalue weighted by molar-refractivity contribution is 5.83. The van der Waals surface area contributed by atoms with E-state index in [1.807, 2.05) is 4.90 Å². The van der Waals surface area contributed by atoms with Crippen molar-refractivity contribution in [2.75, 3.05) is 19.7 Å². The Hall–Kier alpha value is -0.610. The second kappa shape index (κ2) is 6.08. The predicted octanol–water partition coefficient (Wildman–Crippen LogP) is 0.358. The average molecular weight is 214 g/mol. The first-order valence-corrected chi connectivity index (χ1v) is 5.81. The van der Waals surface area contributed by atoms with Gasteiger partial charge in [-0.2, -0.15) is 0 Å². The summed E-state index contributed by atoms with van der Waals surface area (Å²) in [5, 5.41) is 11.9. The van der Waals surface area contributed by atoms with Crippen molar-refractivity contribution in [2.45, 2.75) is 45.2 Å². The zero-order valence-corrected chi connectivity index (χ0v) is 9.70. The molecule has 0 spiro atoms. The summed E-state index contributed by atoms with van der Waals surface area (Å²) in [6.07, 6.45) is 2.60. The van der Waals surface area contributed by atoms with Crippen molar-refractivity contribution in [3.8, 4) is 0 Å². The lowest BCUT2D eigenvalue weighted by Gasteiger charge is -2.18. The maximum Gasteiger partial charge on any atom is 0.239 e. The molecule has 1 unspecified atom stereocenters. The lowest BCUT2D eigenvalue weighted by atomic mass is 10.2. The molecule has 0 aromatic rings. The van der Waals surface area contributed by atoms with Gasteiger partial charge in [0.25, 0.3) is 0 Å². The van der Waals surface area contributed by atoms with Crippen LogP contribution in [0, 0.1) is 0 Å². The van der Waals surface area contributed by atoms with E-state index in [0.717, 1.165) is 32.4 Å². The lowest BCUT2D eigenvalue weighted by Crippen LogP contribution is -2.41. The highest BCUT2D eigenvalue weighted by Gasteiger charge is 2.30. The molecule has 0 bridgehead atoms. The van der Waals surface area contributed by atoms with Gasteiger partial charge in [0.05, 0.1) is 6.04 Å². The van der Waals surface area contributed by atoms with Gasteiger partial charge in [0, 0.05) is 25.7 Å². The summed E-state index contributed by atoms with van der Waals surface area (Å²) in [6, 6.07) is 0.371. The number of amides is 1. The van der Waals surface area contributed by atoms with Gasteiger partial charge in [-0.05, 0) is 19.3 Å². The van der Waals surface area contributed by atoms with Crippen LogP contribution in [-0.4, -0.2) is 47.7 Å². The zero-order valence-electron chi connectivity index (χ0n) is 9.70. The molecule has 4 heteroatoms. The quantitative estimate of drug-likeness (QED) is 0.628. The number of unbranched alkanes of at least 4 members (excludes halogenated alkanes) is 1. The topological polar surface area (TPSA) is 52.6 Å². The molecule has 1 atom stereocenters. The monoisotopic (exact) mass is 214 g/mol. The number of hydrogen-bond donors (Lipinski definition) is 2. The molecule has 1 heterocycles. The van der Waals surface area contributed by atoms with E-state index in [0.29, 0.717) is 6.04 Å². The summed E-state index contributed by atoms with van der Waals surface area (Å²) >= 11 is 0. The molecule has 1 amide bonds. The summed E-state index contributed by atoms with van der Waals surface area (Å²) < 4.78 is 0. The largest absolute Gasteiger partial charge is 0.396 e. The molecule has 1 rings (SSSR count). The molecule has 1 fully saturated rings. The van der Waals surface area contributed by atoms with Crippen molar-refractivity contribution >= 4 is 5.91 Å². The van der Waals surface area contributed by atoms with Crippen LogP contribution in [-0.2, 0) is 4.79 Å². The SMILES string of the molecule is CC(C)NC1CCN(CCCCO)C1=O. The van der Waals surface area contributed by atoms with Gasteiger partial charge in [-0.3, -0.25) is 4.79 Å². The van der Waals surface area contributed by atoms with E-state index in [4.69, 9.17) is 5.11 Å². The van der Waals surface area contributed by atoms with Crippen LogP contribution >= 0.6 is 0 Å². The average Bonchev–Trinajstić information content (AvgIpc) is 2.49. The molecule has 4 nitrogen and oxygen atoms in total. The maximum atomic E-state index is 11.8. The molecule has 0 aromatic carbocycles. The molecule has 1 saturated heterocycles. The molecule has 0 saturated carbocycles. The number of nitrogens with zero attached hydrogens (tertiary/aromatic N) is 1. The van der Waals surface area contributed by atoms with Crippen molar-refractivity contribution in [1.29, 1.82) is 0 Å². The number of aliphatic hydroxyl groups is 1. The minimum absolute atomic E-state index is 0.0131. The van der Waals surface area contributed by atoms with E-state index in [1.54, 1.807) is 0 Å². The van der Waals surface area contributed by atoms with Gasteiger partial charge in [0.2, 0.25) is 5.91 Å². The van der Waals surface area contributed by atoms with Crippen molar-refractivity contribution < 1.29 is 9.90 Å². The number of likely N-dealkylation sites (tertiary alicyclic amines) is 1. The lowest BCUT2D eigenvalue weighted by molar-refractivity contribution is -0.129. The smallest absolute Gasteiger partial charge is 0.239 e. The standard InChI is InChI=1S/C11H22N2O2/c1-9(2)12-10-5-7-13(11(10)15)6-3-4-8-14/h9-10,12,14H,3-8H2,1-2H3. The molecule has 1 aliphatic heterocycles. The van der Waals surface area contributed by atoms with Crippen LogP contribution in [0.3, 0.4) is 0 Å². The second-order valence-corrected chi connectivity index (χ2v) is 4.42. The van der Waals surface area contributed by atoms with Crippen molar-refractivity contribution in [3.63, 3.8) is 0 Å². The summed E-state index contributed by atoms with van der Waals surface area (Å²) in [5.41, 5.74) is 0. The summed E-state index contributed by atoms with van der Waals surface area (Å²) in [6.45, 7) is 5.98. The van der Waals surface area contributed by atoms with Gasteiger partial charge in [-0.15, -0.1) is 0 Å². The molecular weight excluding hydrogens is 192 g/mol. The Labute approximate surface area is 91.6 Å².